The molecule has 0 radical (unpaired) electrons. The van der Waals surface area contributed by atoms with Crippen LogP contribution in [-0.4, -0.2) is 35.9 Å². The molecule has 156 valence electrons. The van der Waals surface area contributed by atoms with Gasteiger partial charge in [0.2, 0.25) is 5.91 Å². The third kappa shape index (κ3) is 7.26. The summed E-state index contributed by atoms with van der Waals surface area (Å²) in [6, 6.07) is 13.6. The number of nitrogens with one attached hydrogen (secondary N) is 1. The Labute approximate surface area is 181 Å². The fourth-order valence-corrected chi connectivity index (χ4v) is 3.02. The summed E-state index contributed by atoms with van der Waals surface area (Å²) in [5, 5.41) is 3.71. The number of amides is 2. The van der Waals surface area contributed by atoms with Crippen molar-refractivity contribution >= 4 is 35.0 Å². The molecule has 0 aliphatic rings. The highest BCUT2D eigenvalue weighted by atomic mass is 35.5. The lowest BCUT2D eigenvalue weighted by Crippen LogP contribution is -2.49. The molecular weight excluding hydrogens is 411 g/mol. The van der Waals surface area contributed by atoms with E-state index in [2.05, 4.69) is 12.2 Å². The van der Waals surface area contributed by atoms with Crippen LogP contribution in [0.25, 0.3) is 0 Å². The first-order chi connectivity index (χ1) is 13.9. The van der Waals surface area contributed by atoms with Crippen LogP contribution in [0.1, 0.15) is 32.3 Å². The third-order valence-electron chi connectivity index (χ3n) is 4.44. The van der Waals surface area contributed by atoms with E-state index >= 15 is 0 Å². The van der Waals surface area contributed by atoms with Gasteiger partial charge in [0, 0.05) is 13.1 Å². The van der Waals surface area contributed by atoms with E-state index in [1.54, 1.807) is 37.3 Å². The molecule has 0 spiro atoms. The normalized spacial score (nSPS) is 11.6. The summed E-state index contributed by atoms with van der Waals surface area (Å²) < 4.78 is 5.59. The van der Waals surface area contributed by atoms with Crippen molar-refractivity contribution in [3.05, 3.63) is 64.1 Å². The summed E-state index contributed by atoms with van der Waals surface area (Å²) in [6.07, 6.45) is 1.86. The summed E-state index contributed by atoms with van der Waals surface area (Å²) >= 11 is 12.1. The molecule has 0 aliphatic heterocycles. The summed E-state index contributed by atoms with van der Waals surface area (Å²) in [4.78, 5) is 27.0. The smallest absolute Gasteiger partial charge is 0.261 e. The van der Waals surface area contributed by atoms with Gasteiger partial charge in [0.1, 0.15) is 11.8 Å². The van der Waals surface area contributed by atoms with Crippen LogP contribution in [0.2, 0.25) is 10.0 Å². The van der Waals surface area contributed by atoms with Crippen LogP contribution in [0.4, 0.5) is 0 Å². The average Bonchev–Trinajstić information content (AvgIpc) is 2.73. The second-order valence-electron chi connectivity index (χ2n) is 6.69. The number of benzene rings is 2. The molecule has 1 atom stereocenters. The maximum atomic E-state index is 12.9. The van der Waals surface area contributed by atoms with Gasteiger partial charge in [-0.15, -0.1) is 0 Å². The fraction of sp³-hybridized carbons (Fsp3) is 0.364. The summed E-state index contributed by atoms with van der Waals surface area (Å²) in [7, 11) is 0. The maximum absolute atomic E-state index is 12.9. The van der Waals surface area contributed by atoms with E-state index < -0.39 is 6.04 Å². The third-order valence-corrected chi connectivity index (χ3v) is 5.18. The van der Waals surface area contributed by atoms with E-state index in [1.807, 2.05) is 18.2 Å². The number of carbonyl (C=O) groups excluding carboxylic acids is 2. The zero-order valence-corrected chi connectivity index (χ0v) is 18.2. The van der Waals surface area contributed by atoms with E-state index in [-0.39, 0.29) is 25.0 Å². The molecular formula is C22H26Cl2N2O3. The van der Waals surface area contributed by atoms with Gasteiger partial charge >= 0.3 is 0 Å². The molecule has 1 N–H and O–H groups in total. The molecule has 0 saturated carbocycles. The highest BCUT2D eigenvalue weighted by Gasteiger charge is 2.26. The number of rotatable bonds is 10. The minimum Gasteiger partial charge on any atom is -0.484 e. The summed E-state index contributed by atoms with van der Waals surface area (Å²) in [5.41, 5.74) is 0.778. The molecule has 0 fully saturated rings. The molecule has 29 heavy (non-hydrogen) atoms. The molecule has 0 saturated heterocycles. The lowest BCUT2D eigenvalue weighted by atomic mass is 10.1. The lowest BCUT2D eigenvalue weighted by Gasteiger charge is -2.29. The lowest BCUT2D eigenvalue weighted by molar-refractivity contribution is -0.142. The molecule has 5 nitrogen and oxygen atoms in total. The monoisotopic (exact) mass is 436 g/mol. The van der Waals surface area contributed by atoms with Gasteiger partial charge in [-0.3, -0.25) is 9.59 Å². The first kappa shape index (κ1) is 23.0. The second-order valence-corrected chi connectivity index (χ2v) is 7.51. The van der Waals surface area contributed by atoms with Gasteiger partial charge in [0.25, 0.3) is 5.91 Å². The van der Waals surface area contributed by atoms with Crippen LogP contribution in [0, 0.1) is 0 Å². The van der Waals surface area contributed by atoms with Crippen LogP contribution in [0.3, 0.4) is 0 Å². The van der Waals surface area contributed by atoms with Crippen LogP contribution in [-0.2, 0) is 16.1 Å². The Kier molecular flexibility index (Phi) is 9.29. The molecule has 2 amide bonds. The standard InChI is InChI=1S/C22H26Cl2N2O3/c1-3-4-12-25-22(28)16(2)26(14-17-10-11-19(23)20(24)13-17)21(27)15-29-18-8-6-5-7-9-18/h5-11,13,16H,3-4,12,14-15H2,1-2H3,(H,25,28)/t16-/m1/s1. The maximum Gasteiger partial charge on any atom is 0.261 e. The Morgan fingerprint density at radius 2 is 1.83 bits per heavy atom. The topological polar surface area (TPSA) is 58.6 Å². The van der Waals surface area contributed by atoms with E-state index in [0.717, 1.165) is 18.4 Å². The zero-order valence-electron chi connectivity index (χ0n) is 16.7. The number of nitrogens with zero attached hydrogens (tertiary/aromatic N) is 1. The average molecular weight is 437 g/mol. The largest absolute Gasteiger partial charge is 0.484 e. The van der Waals surface area contributed by atoms with Crippen molar-refractivity contribution in [3.8, 4) is 5.75 Å². The van der Waals surface area contributed by atoms with Crippen molar-refractivity contribution in [3.63, 3.8) is 0 Å². The van der Waals surface area contributed by atoms with Gasteiger partial charge in [0.15, 0.2) is 6.61 Å². The zero-order chi connectivity index (χ0) is 21.2. The molecule has 0 bridgehead atoms. The molecule has 0 heterocycles. The van der Waals surface area contributed by atoms with Gasteiger partial charge < -0.3 is 15.0 Å². The second kappa shape index (κ2) is 11.7. The molecule has 7 heteroatoms. The van der Waals surface area contributed by atoms with Gasteiger partial charge in [-0.2, -0.15) is 0 Å². The predicted molar refractivity (Wildman–Crippen MR) is 116 cm³/mol. The van der Waals surface area contributed by atoms with Crippen LogP contribution in [0.15, 0.2) is 48.5 Å². The molecule has 2 aromatic carbocycles. The van der Waals surface area contributed by atoms with Crippen LogP contribution >= 0.6 is 23.2 Å². The Morgan fingerprint density at radius 1 is 1.10 bits per heavy atom. The summed E-state index contributed by atoms with van der Waals surface area (Å²) in [5.74, 6) is 0.0972. The minimum atomic E-state index is -0.659. The van der Waals surface area contributed by atoms with E-state index in [4.69, 9.17) is 27.9 Å². The molecule has 2 aromatic rings. The highest BCUT2D eigenvalue weighted by molar-refractivity contribution is 6.42. The van der Waals surface area contributed by atoms with Gasteiger partial charge in [-0.25, -0.2) is 0 Å². The number of hydrogen-bond donors (Lipinski definition) is 1. The molecule has 0 unspecified atom stereocenters. The van der Waals surface area contributed by atoms with E-state index in [9.17, 15) is 9.59 Å². The van der Waals surface area contributed by atoms with Crippen LogP contribution < -0.4 is 10.1 Å². The number of hydrogen-bond acceptors (Lipinski definition) is 3. The number of unbranched alkanes of at least 4 members (excludes halogenated alkanes) is 1. The number of ether oxygens (including phenoxy) is 1. The Bertz CT molecular complexity index is 815. The minimum absolute atomic E-state index is 0.169. The van der Waals surface area contributed by atoms with Crippen LogP contribution in [0.5, 0.6) is 5.75 Å². The molecule has 0 aliphatic carbocycles. The summed E-state index contributed by atoms with van der Waals surface area (Å²) in [6.45, 7) is 4.39. The van der Waals surface area contributed by atoms with Crippen molar-refractivity contribution in [2.24, 2.45) is 0 Å². The highest BCUT2D eigenvalue weighted by Crippen LogP contribution is 2.24. The van der Waals surface area contributed by atoms with Gasteiger partial charge in [-0.1, -0.05) is 60.8 Å². The fourth-order valence-electron chi connectivity index (χ4n) is 2.70. The quantitative estimate of drug-likeness (QED) is 0.548. The molecule has 2 rings (SSSR count). The Hall–Kier alpha value is -2.24. The first-order valence-electron chi connectivity index (χ1n) is 9.61. The van der Waals surface area contributed by atoms with Crippen molar-refractivity contribution in [2.45, 2.75) is 39.3 Å². The van der Waals surface area contributed by atoms with Gasteiger partial charge in [0.05, 0.1) is 10.0 Å². The first-order valence-corrected chi connectivity index (χ1v) is 10.4. The Morgan fingerprint density at radius 3 is 2.48 bits per heavy atom. The molecule has 0 aromatic heterocycles. The SMILES string of the molecule is CCCCNC(=O)[C@@H](C)N(Cc1ccc(Cl)c(Cl)c1)C(=O)COc1ccccc1. The van der Waals surface area contributed by atoms with Crippen molar-refractivity contribution < 1.29 is 14.3 Å². The van der Waals surface area contributed by atoms with E-state index in [1.165, 1.54) is 4.90 Å². The van der Waals surface area contributed by atoms with Crippen molar-refractivity contribution in [1.29, 1.82) is 0 Å². The van der Waals surface area contributed by atoms with Crippen molar-refractivity contribution in [2.75, 3.05) is 13.2 Å². The van der Waals surface area contributed by atoms with E-state index in [0.29, 0.717) is 22.3 Å². The number of carbonyl (C=O) groups is 2. The number of halogens is 2. The van der Waals surface area contributed by atoms with Crippen molar-refractivity contribution in [1.82, 2.24) is 10.2 Å². The van der Waals surface area contributed by atoms with Gasteiger partial charge in [-0.05, 0) is 43.2 Å². The predicted octanol–water partition coefficient (Wildman–Crippen LogP) is 4.71. The Balaban J connectivity index is 2.13. The number of para-hydroxylation sites is 1.